The standard InChI is InChI=1S/C9H13NO/c1-2-5-10-9(3-1)8-4-6-11-7-8/h4,6-7,9-10H,1-3,5H2. The van der Waals surface area contributed by atoms with Crippen LogP contribution in [0.15, 0.2) is 23.0 Å². The molecule has 1 fully saturated rings. The molecule has 2 nitrogen and oxygen atoms in total. The Morgan fingerprint density at radius 3 is 3.09 bits per heavy atom. The van der Waals surface area contributed by atoms with Crippen molar-refractivity contribution in [3.63, 3.8) is 0 Å². The van der Waals surface area contributed by atoms with Gasteiger partial charge in [-0.1, -0.05) is 6.42 Å². The van der Waals surface area contributed by atoms with E-state index in [1.54, 1.807) is 6.26 Å². The van der Waals surface area contributed by atoms with Gasteiger partial charge in [0.15, 0.2) is 0 Å². The van der Waals surface area contributed by atoms with Crippen LogP contribution >= 0.6 is 0 Å². The largest absolute Gasteiger partial charge is 0.472 e. The summed E-state index contributed by atoms with van der Waals surface area (Å²) < 4.78 is 5.03. The van der Waals surface area contributed by atoms with Crippen molar-refractivity contribution in [2.75, 3.05) is 6.54 Å². The number of nitrogens with one attached hydrogen (secondary N) is 1. The summed E-state index contributed by atoms with van der Waals surface area (Å²) in [4.78, 5) is 0. The lowest BCUT2D eigenvalue weighted by atomic mass is 10.0. The fourth-order valence-corrected chi connectivity index (χ4v) is 1.61. The molecular formula is C9H13NO. The smallest absolute Gasteiger partial charge is 0.0950 e. The molecule has 2 rings (SSSR count). The van der Waals surface area contributed by atoms with E-state index in [1.165, 1.54) is 24.8 Å². The predicted octanol–water partition coefficient (Wildman–Crippen LogP) is 2.09. The Bertz CT molecular complexity index is 199. The second-order valence-electron chi connectivity index (χ2n) is 3.06. The van der Waals surface area contributed by atoms with Crippen LogP contribution in [0.5, 0.6) is 0 Å². The van der Waals surface area contributed by atoms with Gasteiger partial charge in [0.05, 0.1) is 12.5 Å². The third-order valence-electron chi connectivity index (χ3n) is 2.26. The molecule has 0 spiro atoms. The molecular weight excluding hydrogens is 138 g/mol. The van der Waals surface area contributed by atoms with Gasteiger partial charge in [-0.2, -0.15) is 0 Å². The molecule has 0 aromatic carbocycles. The maximum absolute atomic E-state index is 5.03. The quantitative estimate of drug-likeness (QED) is 0.664. The zero-order valence-corrected chi connectivity index (χ0v) is 6.55. The van der Waals surface area contributed by atoms with Crippen LogP contribution in [0.2, 0.25) is 0 Å². The molecule has 60 valence electrons. The van der Waals surface area contributed by atoms with Crippen molar-refractivity contribution < 1.29 is 4.42 Å². The van der Waals surface area contributed by atoms with Crippen LogP contribution in [0.1, 0.15) is 30.9 Å². The molecule has 0 radical (unpaired) electrons. The molecule has 2 heteroatoms. The fourth-order valence-electron chi connectivity index (χ4n) is 1.61. The highest BCUT2D eigenvalue weighted by molar-refractivity contribution is 5.11. The maximum Gasteiger partial charge on any atom is 0.0950 e. The van der Waals surface area contributed by atoms with Gasteiger partial charge in [0.25, 0.3) is 0 Å². The zero-order chi connectivity index (χ0) is 7.52. The Morgan fingerprint density at radius 1 is 1.45 bits per heavy atom. The van der Waals surface area contributed by atoms with Crippen molar-refractivity contribution in [2.45, 2.75) is 25.3 Å². The van der Waals surface area contributed by atoms with Crippen molar-refractivity contribution in [3.05, 3.63) is 24.2 Å². The van der Waals surface area contributed by atoms with Crippen molar-refractivity contribution in [3.8, 4) is 0 Å². The number of hydrogen-bond acceptors (Lipinski definition) is 2. The topological polar surface area (TPSA) is 25.2 Å². The lowest BCUT2D eigenvalue weighted by molar-refractivity contribution is 0.409. The monoisotopic (exact) mass is 151 g/mol. The van der Waals surface area contributed by atoms with Gasteiger partial charge >= 0.3 is 0 Å². The Labute approximate surface area is 66.6 Å². The highest BCUT2D eigenvalue weighted by Gasteiger charge is 2.14. The number of hydrogen-bond donors (Lipinski definition) is 1. The summed E-state index contributed by atoms with van der Waals surface area (Å²) in [6.45, 7) is 1.15. The third kappa shape index (κ3) is 1.46. The minimum absolute atomic E-state index is 0.544. The average molecular weight is 151 g/mol. The lowest BCUT2D eigenvalue weighted by Crippen LogP contribution is -2.26. The first-order valence-corrected chi connectivity index (χ1v) is 4.22. The molecule has 0 aliphatic carbocycles. The van der Waals surface area contributed by atoms with E-state index in [4.69, 9.17) is 4.42 Å². The summed E-state index contributed by atoms with van der Waals surface area (Å²) in [5.41, 5.74) is 1.30. The van der Waals surface area contributed by atoms with E-state index in [0.29, 0.717) is 6.04 Å². The Kier molecular flexibility index (Phi) is 1.95. The molecule has 1 aromatic heterocycles. The molecule has 0 saturated carbocycles. The molecule has 11 heavy (non-hydrogen) atoms. The summed E-state index contributed by atoms with van der Waals surface area (Å²) in [5, 5.41) is 3.46. The van der Waals surface area contributed by atoms with Crippen molar-refractivity contribution in [2.24, 2.45) is 0 Å². The molecule has 2 heterocycles. The fraction of sp³-hybridized carbons (Fsp3) is 0.556. The molecule has 1 N–H and O–H groups in total. The van der Waals surface area contributed by atoms with E-state index in [0.717, 1.165) is 6.54 Å². The third-order valence-corrected chi connectivity index (χ3v) is 2.26. The average Bonchev–Trinajstić information content (AvgIpc) is 2.58. The van der Waals surface area contributed by atoms with Crippen LogP contribution in [0.25, 0.3) is 0 Å². The van der Waals surface area contributed by atoms with Crippen LogP contribution in [-0.4, -0.2) is 6.54 Å². The zero-order valence-electron chi connectivity index (χ0n) is 6.55. The minimum atomic E-state index is 0.544. The number of furan rings is 1. The molecule has 1 unspecified atom stereocenters. The number of piperidine rings is 1. The molecule has 1 saturated heterocycles. The van der Waals surface area contributed by atoms with Crippen LogP contribution in [0.4, 0.5) is 0 Å². The van der Waals surface area contributed by atoms with E-state index in [9.17, 15) is 0 Å². The highest BCUT2D eigenvalue weighted by Crippen LogP contribution is 2.22. The minimum Gasteiger partial charge on any atom is -0.472 e. The first kappa shape index (κ1) is 6.92. The van der Waals surface area contributed by atoms with Crippen LogP contribution < -0.4 is 5.32 Å². The van der Waals surface area contributed by atoms with Crippen LogP contribution in [0, 0.1) is 0 Å². The van der Waals surface area contributed by atoms with Gasteiger partial charge in [0, 0.05) is 11.6 Å². The summed E-state index contributed by atoms with van der Waals surface area (Å²) in [6, 6.07) is 2.59. The Hall–Kier alpha value is -0.760. The summed E-state index contributed by atoms with van der Waals surface area (Å²) in [6.07, 6.45) is 7.48. The first-order valence-electron chi connectivity index (χ1n) is 4.22. The van der Waals surface area contributed by atoms with Crippen molar-refractivity contribution in [1.82, 2.24) is 5.32 Å². The van der Waals surface area contributed by atoms with Gasteiger partial charge in [-0.15, -0.1) is 0 Å². The van der Waals surface area contributed by atoms with Gasteiger partial charge in [-0.05, 0) is 25.5 Å². The second kappa shape index (κ2) is 3.09. The first-order chi connectivity index (χ1) is 5.47. The Morgan fingerprint density at radius 2 is 2.45 bits per heavy atom. The van der Waals surface area contributed by atoms with Crippen LogP contribution in [0.3, 0.4) is 0 Å². The Balaban J connectivity index is 2.04. The van der Waals surface area contributed by atoms with Gasteiger partial charge < -0.3 is 9.73 Å². The molecule has 1 aromatic rings. The van der Waals surface area contributed by atoms with Gasteiger partial charge in [0.1, 0.15) is 0 Å². The summed E-state index contributed by atoms with van der Waals surface area (Å²) in [7, 11) is 0. The molecule has 1 atom stereocenters. The van der Waals surface area contributed by atoms with Crippen molar-refractivity contribution >= 4 is 0 Å². The molecule has 1 aliphatic heterocycles. The van der Waals surface area contributed by atoms with E-state index in [-0.39, 0.29) is 0 Å². The normalized spacial score (nSPS) is 25.3. The van der Waals surface area contributed by atoms with Gasteiger partial charge in [0.2, 0.25) is 0 Å². The predicted molar refractivity (Wildman–Crippen MR) is 43.3 cm³/mol. The van der Waals surface area contributed by atoms with E-state index in [2.05, 4.69) is 5.32 Å². The lowest BCUT2D eigenvalue weighted by Gasteiger charge is -2.21. The maximum atomic E-state index is 5.03. The van der Waals surface area contributed by atoms with E-state index in [1.807, 2.05) is 12.3 Å². The summed E-state index contributed by atoms with van der Waals surface area (Å²) >= 11 is 0. The van der Waals surface area contributed by atoms with Crippen LogP contribution in [-0.2, 0) is 0 Å². The van der Waals surface area contributed by atoms with Crippen molar-refractivity contribution in [1.29, 1.82) is 0 Å². The number of rotatable bonds is 1. The second-order valence-corrected chi connectivity index (χ2v) is 3.06. The summed E-state index contributed by atoms with van der Waals surface area (Å²) in [5.74, 6) is 0. The van der Waals surface area contributed by atoms with Gasteiger partial charge in [-0.25, -0.2) is 0 Å². The van der Waals surface area contributed by atoms with E-state index >= 15 is 0 Å². The SMILES string of the molecule is c1cc(C2CCCCN2)co1. The highest BCUT2D eigenvalue weighted by atomic mass is 16.3. The van der Waals surface area contributed by atoms with E-state index < -0.39 is 0 Å². The molecule has 0 amide bonds. The molecule has 0 bridgehead atoms. The molecule has 1 aliphatic rings. The van der Waals surface area contributed by atoms with Gasteiger partial charge in [-0.3, -0.25) is 0 Å².